The van der Waals surface area contributed by atoms with Crippen molar-refractivity contribution in [1.29, 1.82) is 0 Å². The molecule has 0 saturated carbocycles. The van der Waals surface area contributed by atoms with Gasteiger partial charge in [-0.1, -0.05) is 120 Å². The van der Waals surface area contributed by atoms with E-state index >= 15 is 0 Å². The maximum atomic E-state index is 13.8. The van der Waals surface area contributed by atoms with Gasteiger partial charge in [-0.15, -0.1) is 23.8 Å². The predicted octanol–water partition coefficient (Wildman–Crippen LogP) is 8.77. The number of nitrogens with zero attached hydrogens (tertiary/aromatic N) is 2. The van der Waals surface area contributed by atoms with Crippen LogP contribution in [0.15, 0.2) is 176 Å². The van der Waals surface area contributed by atoms with Gasteiger partial charge in [0.05, 0.1) is 0 Å². The van der Waals surface area contributed by atoms with E-state index in [-0.39, 0.29) is 20.1 Å². The fourth-order valence-corrected chi connectivity index (χ4v) is 8.38. The van der Waals surface area contributed by atoms with Gasteiger partial charge in [-0.05, 0) is 40.9 Å². The van der Waals surface area contributed by atoms with Crippen molar-refractivity contribution in [2.45, 2.75) is 0 Å². The number of hydrogen-bond acceptors (Lipinski definition) is 2. The van der Waals surface area contributed by atoms with Crippen molar-refractivity contribution >= 4 is 44.9 Å². The van der Waals surface area contributed by atoms with Gasteiger partial charge in [0.15, 0.2) is 0 Å². The van der Waals surface area contributed by atoms with Crippen LogP contribution in [0.5, 0.6) is 0 Å². The smallest absolute Gasteiger partial charge is 0.147 e. The van der Waals surface area contributed by atoms with Crippen molar-refractivity contribution in [2.24, 2.45) is 0 Å². The van der Waals surface area contributed by atoms with Crippen LogP contribution in [0, 0.1) is 12.1 Å². The SMILES string of the molecule is O=P(c1[c-]cccc1)(c1ccccc1)c1ccccc1.[Ir].[c-]1ccc2c3ccccc3n(-c3ccccc3)c2c1-c1ccccn1. The van der Waals surface area contributed by atoms with Gasteiger partial charge < -0.3 is 14.1 Å². The summed E-state index contributed by atoms with van der Waals surface area (Å²) in [6.07, 6.45) is 1.83. The van der Waals surface area contributed by atoms with Gasteiger partial charge in [0.1, 0.15) is 7.14 Å². The summed E-state index contributed by atoms with van der Waals surface area (Å²) >= 11 is 0. The Kier molecular flexibility index (Phi) is 9.52. The van der Waals surface area contributed by atoms with Crippen LogP contribution >= 0.6 is 7.14 Å². The summed E-state index contributed by atoms with van der Waals surface area (Å²) in [7, 11) is -2.83. The first-order valence-electron chi connectivity index (χ1n) is 14.8. The van der Waals surface area contributed by atoms with Crippen LogP contribution < -0.4 is 15.9 Å². The fraction of sp³-hybridized carbons (Fsp3) is 0. The molecule has 6 aromatic carbocycles. The van der Waals surface area contributed by atoms with Crippen LogP contribution in [0.25, 0.3) is 38.8 Å². The first-order valence-corrected chi connectivity index (χ1v) is 16.5. The van der Waals surface area contributed by atoms with E-state index in [1.165, 1.54) is 16.3 Å². The number of rotatable bonds is 5. The summed E-state index contributed by atoms with van der Waals surface area (Å²) in [4.78, 5) is 4.56. The Morgan fingerprint density at radius 2 is 1.15 bits per heavy atom. The van der Waals surface area contributed by atoms with Crippen LogP contribution in [0.1, 0.15) is 0 Å². The van der Waals surface area contributed by atoms with Crippen molar-refractivity contribution < 1.29 is 24.7 Å². The van der Waals surface area contributed by atoms with E-state index in [0.717, 1.165) is 38.4 Å². The maximum Gasteiger partial charge on any atom is 0.147 e. The largest absolute Gasteiger partial charge is 0.351 e. The van der Waals surface area contributed by atoms with E-state index in [1.807, 2.05) is 121 Å². The van der Waals surface area contributed by atoms with Crippen LogP contribution in [-0.2, 0) is 24.7 Å². The first kappa shape index (κ1) is 31.1. The van der Waals surface area contributed by atoms with Gasteiger partial charge >= 0.3 is 0 Å². The molecule has 8 aromatic rings. The van der Waals surface area contributed by atoms with Crippen LogP contribution in [-0.4, -0.2) is 9.55 Å². The molecule has 0 fully saturated rings. The van der Waals surface area contributed by atoms with Gasteiger partial charge in [-0.25, -0.2) is 0 Å². The molecule has 1 radical (unpaired) electrons. The van der Waals surface area contributed by atoms with Gasteiger partial charge in [0, 0.05) is 48.1 Å². The zero-order valence-electron chi connectivity index (χ0n) is 24.8. The normalized spacial score (nSPS) is 11.0. The summed E-state index contributed by atoms with van der Waals surface area (Å²) < 4.78 is 16.1. The molecule has 5 heteroatoms. The average molecular weight is 789 g/mol. The van der Waals surface area contributed by atoms with Crippen molar-refractivity contribution in [3.8, 4) is 16.9 Å². The minimum atomic E-state index is -2.83. The standard InChI is InChI=1S/C23H15N2.C18H14OP.Ir/c1-2-9-17(10-3-1)25-22-15-5-4-11-18(22)19-12-8-13-20(23(19)25)21-14-6-7-16-24-21;19-20(16-10-4-1-5-11-16,17-12-6-2-7-13-17)18-14-8-3-9-15-18;/h1-12,14-16H;1-14H;/q2*-1;. The molecule has 3 nitrogen and oxygen atoms in total. The summed E-state index contributed by atoms with van der Waals surface area (Å²) in [6.45, 7) is 0. The molecule has 0 bridgehead atoms. The van der Waals surface area contributed by atoms with Gasteiger partial charge in [-0.2, -0.15) is 30.3 Å². The maximum absolute atomic E-state index is 13.8. The number of fused-ring (bicyclic) bond motifs is 3. The Balaban J connectivity index is 0.000000162. The second kappa shape index (κ2) is 14.1. The Morgan fingerprint density at radius 1 is 0.543 bits per heavy atom. The van der Waals surface area contributed by atoms with Crippen LogP contribution in [0.4, 0.5) is 0 Å². The first-order chi connectivity index (χ1) is 22.2. The molecular weight excluding hydrogens is 760 g/mol. The molecule has 0 spiro atoms. The van der Waals surface area contributed by atoms with Crippen LogP contribution in [0.3, 0.4) is 0 Å². The molecule has 2 heterocycles. The Bertz CT molecular complexity index is 2120. The number of aromatic nitrogens is 2. The number of benzene rings is 6. The quantitative estimate of drug-likeness (QED) is 0.129. The fourth-order valence-electron chi connectivity index (χ4n) is 5.79. The molecule has 0 atom stereocenters. The molecule has 46 heavy (non-hydrogen) atoms. The second-order valence-corrected chi connectivity index (χ2v) is 13.3. The second-order valence-electron chi connectivity index (χ2n) is 10.5. The monoisotopic (exact) mass is 789 g/mol. The zero-order valence-corrected chi connectivity index (χ0v) is 28.1. The molecule has 0 aliphatic rings. The van der Waals surface area contributed by atoms with E-state index in [2.05, 4.69) is 76.3 Å². The molecule has 0 amide bonds. The minimum Gasteiger partial charge on any atom is -0.351 e. The van der Waals surface area contributed by atoms with E-state index < -0.39 is 7.14 Å². The Labute approximate surface area is 282 Å². The average Bonchev–Trinajstić information content (AvgIpc) is 3.48. The summed E-state index contributed by atoms with van der Waals surface area (Å²) in [5, 5.41) is 4.89. The molecule has 2 aromatic heterocycles. The molecule has 0 N–H and O–H groups in total. The Morgan fingerprint density at radius 3 is 1.78 bits per heavy atom. The Hall–Kier alpha value is -4.85. The van der Waals surface area contributed by atoms with Gasteiger partial charge in [0.2, 0.25) is 0 Å². The van der Waals surface area contributed by atoms with E-state index in [0.29, 0.717) is 0 Å². The molecule has 0 unspecified atom stereocenters. The molecular formula is C41H29IrN2OP-2. The minimum absolute atomic E-state index is 0. The predicted molar refractivity (Wildman–Crippen MR) is 188 cm³/mol. The molecule has 225 valence electrons. The van der Waals surface area contributed by atoms with E-state index in [4.69, 9.17) is 0 Å². The van der Waals surface area contributed by atoms with Crippen LogP contribution in [0.2, 0.25) is 0 Å². The summed E-state index contributed by atoms with van der Waals surface area (Å²) in [5.41, 5.74) is 5.45. The third-order valence-corrected chi connectivity index (χ3v) is 10.8. The number of pyridine rings is 1. The van der Waals surface area contributed by atoms with Gasteiger partial charge in [0.25, 0.3) is 0 Å². The number of hydrogen-bond donors (Lipinski definition) is 0. The zero-order chi connectivity index (χ0) is 30.5. The van der Waals surface area contributed by atoms with Gasteiger partial charge in [-0.3, -0.25) is 0 Å². The van der Waals surface area contributed by atoms with E-state index in [1.54, 1.807) is 0 Å². The third-order valence-electron chi connectivity index (χ3n) is 7.84. The summed E-state index contributed by atoms with van der Waals surface area (Å²) in [6, 6.07) is 62.5. The molecule has 0 aliphatic carbocycles. The van der Waals surface area contributed by atoms with Crippen molar-refractivity contribution in [2.75, 3.05) is 0 Å². The number of para-hydroxylation sites is 2. The topological polar surface area (TPSA) is 34.9 Å². The molecule has 0 saturated heterocycles. The third kappa shape index (κ3) is 5.91. The van der Waals surface area contributed by atoms with Crippen molar-refractivity contribution in [1.82, 2.24) is 9.55 Å². The van der Waals surface area contributed by atoms with Crippen molar-refractivity contribution in [3.05, 3.63) is 188 Å². The summed E-state index contributed by atoms with van der Waals surface area (Å²) in [5.74, 6) is 0. The van der Waals surface area contributed by atoms with Crippen molar-refractivity contribution in [3.63, 3.8) is 0 Å². The molecule has 0 aliphatic heterocycles. The van der Waals surface area contributed by atoms with E-state index in [9.17, 15) is 4.57 Å². The molecule has 8 rings (SSSR count).